The topological polar surface area (TPSA) is 117 Å². The minimum Gasteiger partial charge on any atom is -0.382 e. The number of aromatic nitrogens is 1. The van der Waals surface area contributed by atoms with Crippen molar-refractivity contribution in [2.45, 2.75) is 89.9 Å². The van der Waals surface area contributed by atoms with E-state index < -0.39 is 5.91 Å². The van der Waals surface area contributed by atoms with Crippen molar-refractivity contribution < 1.29 is 14.4 Å². The Morgan fingerprint density at radius 1 is 1.08 bits per heavy atom. The molecule has 8 nitrogen and oxygen atoms in total. The molecule has 3 atom stereocenters. The van der Waals surface area contributed by atoms with Crippen LogP contribution in [0.15, 0.2) is 30.5 Å². The standard InChI is InChI=1S/C29H37N5O3/c1-4-17(3)32-25-14-23(16(2)11-24(25)28(30)36)29(37)33-20-12-21-8-9-22(13-20)34(21)26-10-7-19(15-31-26)27(35)18-5-6-18/h7,10-11,14-15,17-18,20-22,32H,4-6,8-9,12-13H2,1-3H3,(H2,30,36)(H,33,37)/t17-,21-,22-/m1/s1. The molecule has 2 saturated heterocycles. The molecule has 0 spiro atoms. The molecule has 8 heteroatoms. The molecule has 1 saturated carbocycles. The summed E-state index contributed by atoms with van der Waals surface area (Å²) < 4.78 is 0. The lowest BCUT2D eigenvalue weighted by molar-refractivity contribution is 0.0923. The molecule has 1 aliphatic carbocycles. The molecular formula is C29H37N5O3. The van der Waals surface area contributed by atoms with Gasteiger partial charge in [0, 0.05) is 53.1 Å². The number of hydrogen-bond acceptors (Lipinski definition) is 6. The number of hydrogen-bond donors (Lipinski definition) is 3. The summed E-state index contributed by atoms with van der Waals surface area (Å²) in [4.78, 5) is 44.7. The lowest BCUT2D eigenvalue weighted by Crippen LogP contribution is -2.50. The van der Waals surface area contributed by atoms with E-state index in [1.54, 1.807) is 18.3 Å². The number of anilines is 2. The molecule has 0 unspecified atom stereocenters. The zero-order chi connectivity index (χ0) is 26.3. The van der Waals surface area contributed by atoms with Crippen molar-refractivity contribution in [1.29, 1.82) is 0 Å². The quantitative estimate of drug-likeness (QED) is 0.441. The van der Waals surface area contributed by atoms with Crippen LogP contribution in [0.3, 0.4) is 0 Å². The Labute approximate surface area is 218 Å². The molecule has 1 aromatic heterocycles. The summed E-state index contributed by atoms with van der Waals surface area (Å²) in [5, 5.41) is 6.58. The van der Waals surface area contributed by atoms with Gasteiger partial charge in [0.1, 0.15) is 5.82 Å². The van der Waals surface area contributed by atoms with Crippen molar-refractivity contribution in [3.8, 4) is 0 Å². The first-order valence-electron chi connectivity index (χ1n) is 13.6. The third kappa shape index (κ3) is 5.20. The number of aryl methyl sites for hydroxylation is 1. The average molecular weight is 504 g/mol. The third-order valence-electron chi connectivity index (χ3n) is 8.20. The summed E-state index contributed by atoms with van der Waals surface area (Å²) in [6.07, 6.45) is 8.43. The van der Waals surface area contributed by atoms with Gasteiger partial charge in [0.05, 0.1) is 5.56 Å². The summed E-state index contributed by atoms with van der Waals surface area (Å²) in [5.41, 5.74) is 8.60. The molecular weight excluding hydrogens is 466 g/mol. The van der Waals surface area contributed by atoms with E-state index in [9.17, 15) is 14.4 Å². The molecule has 3 aliphatic rings. The first kappa shape index (κ1) is 25.2. The van der Waals surface area contributed by atoms with Crippen LogP contribution in [0.5, 0.6) is 0 Å². The van der Waals surface area contributed by atoms with E-state index in [1.165, 1.54) is 0 Å². The van der Waals surface area contributed by atoms with Gasteiger partial charge in [-0.1, -0.05) is 6.92 Å². The number of fused-ring (bicyclic) bond motifs is 2. The van der Waals surface area contributed by atoms with Gasteiger partial charge in [0.25, 0.3) is 11.8 Å². The maximum atomic E-state index is 13.4. The van der Waals surface area contributed by atoms with Gasteiger partial charge in [-0.3, -0.25) is 14.4 Å². The Balaban J connectivity index is 1.27. The zero-order valence-corrected chi connectivity index (χ0v) is 21.9. The first-order chi connectivity index (χ1) is 17.7. The number of benzene rings is 1. The maximum absolute atomic E-state index is 13.4. The zero-order valence-electron chi connectivity index (χ0n) is 21.9. The number of primary amides is 1. The maximum Gasteiger partial charge on any atom is 0.251 e. The number of amides is 2. The number of pyridine rings is 1. The van der Waals surface area contributed by atoms with E-state index in [2.05, 4.69) is 27.4 Å². The monoisotopic (exact) mass is 503 g/mol. The summed E-state index contributed by atoms with van der Waals surface area (Å²) >= 11 is 0. The molecule has 2 aromatic rings. The fraction of sp³-hybridized carbons (Fsp3) is 0.517. The number of carbonyl (C=O) groups excluding carboxylic acids is 3. The third-order valence-corrected chi connectivity index (χ3v) is 8.20. The van der Waals surface area contributed by atoms with Crippen LogP contribution < -0.4 is 21.3 Å². The van der Waals surface area contributed by atoms with Gasteiger partial charge in [-0.25, -0.2) is 4.98 Å². The van der Waals surface area contributed by atoms with Gasteiger partial charge in [0.2, 0.25) is 0 Å². The molecule has 3 heterocycles. The summed E-state index contributed by atoms with van der Waals surface area (Å²) in [7, 11) is 0. The van der Waals surface area contributed by atoms with E-state index in [-0.39, 0.29) is 29.7 Å². The second-order valence-corrected chi connectivity index (χ2v) is 11.0. The number of nitrogens with one attached hydrogen (secondary N) is 2. The summed E-state index contributed by atoms with van der Waals surface area (Å²) in [6.45, 7) is 5.92. The van der Waals surface area contributed by atoms with Crippen molar-refractivity contribution >= 4 is 29.1 Å². The summed E-state index contributed by atoms with van der Waals surface area (Å²) in [5.74, 6) is 0.692. The van der Waals surface area contributed by atoms with E-state index in [4.69, 9.17) is 5.73 Å². The average Bonchev–Trinajstić information content (AvgIpc) is 3.69. The molecule has 1 aromatic carbocycles. The number of ketones is 1. The highest BCUT2D eigenvalue weighted by atomic mass is 16.2. The summed E-state index contributed by atoms with van der Waals surface area (Å²) in [6, 6.07) is 8.19. The highest BCUT2D eigenvalue weighted by Gasteiger charge is 2.42. The lowest BCUT2D eigenvalue weighted by Gasteiger charge is -2.40. The lowest BCUT2D eigenvalue weighted by atomic mass is 9.95. The van der Waals surface area contributed by atoms with Crippen molar-refractivity contribution in [3.05, 3.63) is 52.7 Å². The number of Topliss-reactive ketones (excluding diaryl/α,β-unsaturated/α-hetero) is 1. The number of rotatable bonds is 9. The van der Waals surface area contributed by atoms with Gasteiger partial charge < -0.3 is 21.3 Å². The van der Waals surface area contributed by atoms with E-state index in [0.29, 0.717) is 34.5 Å². The molecule has 4 N–H and O–H groups in total. The van der Waals surface area contributed by atoms with E-state index in [0.717, 1.165) is 56.3 Å². The van der Waals surface area contributed by atoms with Gasteiger partial charge in [-0.2, -0.15) is 0 Å². The Hall–Kier alpha value is -3.42. The molecule has 2 bridgehead atoms. The van der Waals surface area contributed by atoms with Crippen LogP contribution in [-0.2, 0) is 0 Å². The number of carbonyl (C=O) groups is 3. The van der Waals surface area contributed by atoms with Crippen molar-refractivity contribution in [1.82, 2.24) is 10.3 Å². The van der Waals surface area contributed by atoms with Gasteiger partial charge in [-0.15, -0.1) is 0 Å². The molecule has 3 fully saturated rings. The smallest absolute Gasteiger partial charge is 0.251 e. The first-order valence-corrected chi connectivity index (χ1v) is 13.6. The molecule has 2 amide bonds. The van der Waals surface area contributed by atoms with Crippen LogP contribution >= 0.6 is 0 Å². The highest BCUT2D eigenvalue weighted by Crippen LogP contribution is 2.39. The minimum absolute atomic E-state index is 0.0677. The van der Waals surface area contributed by atoms with Crippen LogP contribution in [0.2, 0.25) is 0 Å². The van der Waals surface area contributed by atoms with Crippen molar-refractivity contribution in [3.63, 3.8) is 0 Å². The predicted molar refractivity (Wildman–Crippen MR) is 144 cm³/mol. The number of piperidine rings is 1. The SMILES string of the molecule is CC[C@@H](C)Nc1cc(C(=O)NC2C[C@H]3CC[C@H](C2)N3c2ccc(C(=O)C3CC3)cn2)c(C)cc1C(N)=O. The number of nitrogens with zero attached hydrogens (tertiary/aromatic N) is 2. The molecule has 196 valence electrons. The largest absolute Gasteiger partial charge is 0.382 e. The Kier molecular flexibility index (Phi) is 6.92. The van der Waals surface area contributed by atoms with Gasteiger partial charge in [0.15, 0.2) is 5.78 Å². The highest BCUT2D eigenvalue weighted by molar-refractivity contribution is 6.03. The molecule has 0 radical (unpaired) electrons. The fourth-order valence-electron chi connectivity index (χ4n) is 5.84. The van der Waals surface area contributed by atoms with Crippen molar-refractivity contribution in [2.75, 3.05) is 10.2 Å². The van der Waals surface area contributed by atoms with Gasteiger partial charge in [-0.05, 0) is 88.6 Å². The second kappa shape index (κ2) is 10.1. The van der Waals surface area contributed by atoms with E-state index >= 15 is 0 Å². The van der Waals surface area contributed by atoms with Crippen LogP contribution in [0.1, 0.15) is 95.4 Å². The van der Waals surface area contributed by atoms with Gasteiger partial charge >= 0.3 is 0 Å². The van der Waals surface area contributed by atoms with E-state index in [1.807, 2.05) is 26.0 Å². The molecule has 2 aliphatic heterocycles. The molecule has 37 heavy (non-hydrogen) atoms. The van der Waals surface area contributed by atoms with Crippen LogP contribution in [0, 0.1) is 12.8 Å². The second-order valence-electron chi connectivity index (χ2n) is 11.0. The predicted octanol–water partition coefficient (Wildman–Crippen LogP) is 4.22. The molecule has 5 rings (SSSR count). The fourth-order valence-corrected chi connectivity index (χ4v) is 5.84. The van der Waals surface area contributed by atoms with Crippen molar-refractivity contribution in [2.24, 2.45) is 11.7 Å². The van der Waals surface area contributed by atoms with Crippen LogP contribution in [-0.4, -0.2) is 46.7 Å². The number of nitrogens with two attached hydrogens (primary N) is 1. The normalized spacial score (nSPS) is 23.4. The Morgan fingerprint density at radius 2 is 1.78 bits per heavy atom. The Morgan fingerprint density at radius 3 is 2.35 bits per heavy atom. The Bertz CT molecular complexity index is 1190. The van der Waals surface area contributed by atoms with Crippen LogP contribution in [0.25, 0.3) is 0 Å². The van der Waals surface area contributed by atoms with Crippen LogP contribution in [0.4, 0.5) is 11.5 Å². The minimum atomic E-state index is -0.511.